The first-order valence-corrected chi connectivity index (χ1v) is 7.88. The van der Waals surface area contributed by atoms with E-state index in [-0.39, 0.29) is 17.8 Å². The molecule has 20 heavy (non-hydrogen) atoms. The molecule has 2 heterocycles. The van der Waals surface area contributed by atoms with Crippen molar-refractivity contribution >= 4 is 11.9 Å². The number of nitrogens with one attached hydrogen (secondary N) is 1. The van der Waals surface area contributed by atoms with Gasteiger partial charge in [-0.3, -0.25) is 9.59 Å². The molecule has 0 radical (unpaired) electrons. The lowest BCUT2D eigenvalue weighted by atomic mass is 9.97. The highest BCUT2D eigenvalue weighted by Crippen LogP contribution is 2.20. The topological polar surface area (TPSA) is 58.6 Å². The molecule has 2 fully saturated rings. The van der Waals surface area contributed by atoms with Gasteiger partial charge in [-0.05, 0) is 45.6 Å². The number of carbonyl (C=O) groups is 2. The van der Waals surface area contributed by atoms with Crippen LogP contribution in [0.25, 0.3) is 0 Å². The maximum absolute atomic E-state index is 12.2. The van der Waals surface area contributed by atoms with Crippen molar-refractivity contribution < 1.29 is 14.3 Å². The van der Waals surface area contributed by atoms with Crippen LogP contribution in [-0.4, -0.2) is 49.1 Å². The molecule has 0 aromatic rings. The first-order chi connectivity index (χ1) is 9.70. The number of nitrogens with zero attached hydrogens (tertiary/aromatic N) is 1. The number of ether oxygens (including phenoxy) is 1. The number of esters is 1. The second-order valence-electron chi connectivity index (χ2n) is 5.76. The summed E-state index contributed by atoms with van der Waals surface area (Å²) >= 11 is 0. The fraction of sp³-hybridized carbons (Fsp3) is 0.867. The predicted octanol–water partition coefficient (Wildman–Crippen LogP) is 1.32. The minimum absolute atomic E-state index is 0.128. The van der Waals surface area contributed by atoms with Gasteiger partial charge in [-0.15, -0.1) is 0 Å². The quantitative estimate of drug-likeness (QED) is 0.773. The van der Waals surface area contributed by atoms with Crippen LogP contribution in [-0.2, 0) is 14.3 Å². The zero-order valence-electron chi connectivity index (χ0n) is 12.4. The molecular weight excluding hydrogens is 256 g/mol. The van der Waals surface area contributed by atoms with Crippen LogP contribution in [0, 0.1) is 5.92 Å². The summed E-state index contributed by atoms with van der Waals surface area (Å²) in [6.45, 7) is 4.63. The van der Waals surface area contributed by atoms with Gasteiger partial charge in [0, 0.05) is 25.6 Å². The van der Waals surface area contributed by atoms with E-state index in [2.05, 4.69) is 5.32 Å². The Balaban J connectivity index is 1.75. The van der Waals surface area contributed by atoms with Crippen molar-refractivity contribution in [3.63, 3.8) is 0 Å². The first kappa shape index (κ1) is 15.3. The van der Waals surface area contributed by atoms with Crippen LogP contribution in [0.2, 0.25) is 0 Å². The van der Waals surface area contributed by atoms with Gasteiger partial charge in [0.2, 0.25) is 5.91 Å². The van der Waals surface area contributed by atoms with Crippen LogP contribution in [0.4, 0.5) is 0 Å². The smallest absolute Gasteiger partial charge is 0.310 e. The Morgan fingerprint density at radius 3 is 2.85 bits per heavy atom. The largest absolute Gasteiger partial charge is 0.466 e. The van der Waals surface area contributed by atoms with Crippen LogP contribution >= 0.6 is 0 Å². The van der Waals surface area contributed by atoms with Crippen LogP contribution in [0.5, 0.6) is 0 Å². The van der Waals surface area contributed by atoms with E-state index in [0.717, 1.165) is 32.4 Å². The average molecular weight is 282 g/mol. The zero-order chi connectivity index (χ0) is 14.4. The monoisotopic (exact) mass is 282 g/mol. The van der Waals surface area contributed by atoms with E-state index in [4.69, 9.17) is 4.74 Å². The molecule has 2 aliphatic rings. The van der Waals surface area contributed by atoms with Crippen molar-refractivity contribution in [1.82, 2.24) is 10.2 Å². The third-order valence-corrected chi connectivity index (χ3v) is 4.26. The Kier molecular flexibility index (Phi) is 5.83. The summed E-state index contributed by atoms with van der Waals surface area (Å²) in [6, 6.07) is 0.504. The third-order valence-electron chi connectivity index (χ3n) is 4.26. The lowest BCUT2D eigenvalue weighted by molar-refractivity contribution is -0.151. The van der Waals surface area contributed by atoms with Crippen molar-refractivity contribution in [2.45, 2.75) is 51.5 Å². The molecule has 1 N–H and O–H groups in total. The second-order valence-corrected chi connectivity index (χ2v) is 5.76. The molecule has 0 aromatic heterocycles. The molecule has 5 nitrogen and oxygen atoms in total. The molecule has 2 atom stereocenters. The van der Waals surface area contributed by atoms with Crippen molar-refractivity contribution in [2.75, 3.05) is 26.2 Å². The third kappa shape index (κ3) is 4.20. The molecule has 1 amide bonds. The molecule has 2 saturated heterocycles. The molecule has 5 heteroatoms. The predicted molar refractivity (Wildman–Crippen MR) is 76.2 cm³/mol. The Bertz CT molecular complexity index is 340. The number of hydrogen-bond acceptors (Lipinski definition) is 4. The number of likely N-dealkylation sites (tertiary alicyclic amines) is 1. The highest BCUT2D eigenvalue weighted by molar-refractivity contribution is 5.78. The van der Waals surface area contributed by atoms with E-state index < -0.39 is 0 Å². The normalized spacial score (nSPS) is 26.6. The molecule has 114 valence electrons. The average Bonchev–Trinajstić information content (AvgIpc) is 2.98. The number of hydrogen-bond donors (Lipinski definition) is 1. The summed E-state index contributed by atoms with van der Waals surface area (Å²) in [5.74, 6) is -0.0904. The molecule has 0 aliphatic carbocycles. The molecule has 2 unspecified atom stereocenters. The zero-order valence-corrected chi connectivity index (χ0v) is 12.4. The summed E-state index contributed by atoms with van der Waals surface area (Å²) in [5, 5.41) is 3.41. The number of amides is 1. The summed E-state index contributed by atoms with van der Waals surface area (Å²) < 4.78 is 5.06. The summed E-state index contributed by atoms with van der Waals surface area (Å²) in [5.41, 5.74) is 0. The van der Waals surface area contributed by atoms with Gasteiger partial charge in [0.05, 0.1) is 12.5 Å². The van der Waals surface area contributed by atoms with Crippen molar-refractivity contribution in [2.24, 2.45) is 5.92 Å². The highest BCUT2D eigenvalue weighted by atomic mass is 16.5. The van der Waals surface area contributed by atoms with E-state index >= 15 is 0 Å². The second kappa shape index (κ2) is 7.62. The van der Waals surface area contributed by atoms with Crippen LogP contribution < -0.4 is 5.32 Å². The van der Waals surface area contributed by atoms with E-state index in [1.807, 2.05) is 11.8 Å². The minimum Gasteiger partial charge on any atom is -0.466 e. The number of piperidine rings is 1. The lowest BCUT2D eigenvalue weighted by Gasteiger charge is -2.31. The molecular formula is C15H26N2O3. The summed E-state index contributed by atoms with van der Waals surface area (Å²) in [4.78, 5) is 25.8. The molecule has 2 rings (SSSR count). The molecule has 2 aliphatic heterocycles. The van der Waals surface area contributed by atoms with Crippen molar-refractivity contribution in [1.29, 1.82) is 0 Å². The fourth-order valence-corrected chi connectivity index (χ4v) is 3.12. The van der Waals surface area contributed by atoms with Gasteiger partial charge >= 0.3 is 5.97 Å². The molecule has 0 saturated carbocycles. The Morgan fingerprint density at radius 2 is 2.15 bits per heavy atom. The molecule has 0 aromatic carbocycles. The van der Waals surface area contributed by atoms with Crippen LogP contribution in [0.3, 0.4) is 0 Å². The number of carbonyl (C=O) groups excluding carboxylic acids is 2. The maximum Gasteiger partial charge on any atom is 0.310 e. The van der Waals surface area contributed by atoms with Crippen LogP contribution in [0.15, 0.2) is 0 Å². The van der Waals surface area contributed by atoms with Gasteiger partial charge in [0.15, 0.2) is 0 Å². The van der Waals surface area contributed by atoms with Gasteiger partial charge < -0.3 is 15.0 Å². The SMILES string of the molecule is CCOC(=O)C1CCCN(C(=O)CCC2CCCN2)C1. The molecule has 0 bridgehead atoms. The fourth-order valence-electron chi connectivity index (χ4n) is 3.12. The van der Waals surface area contributed by atoms with E-state index in [1.165, 1.54) is 12.8 Å². The van der Waals surface area contributed by atoms with Gasteiger partial charge in [0.25, 0.3) is 0 Å². The van der Waals surface area contributed by atoms with E-state index in [9.17, 15) is 9.59 Å². The minimum atomic E-state index is -0.151. The summed E-state index contributed by atoms with van der Waals surface area (Å²) in [6.07, 6.45) is 5.64. The maximum atomic E-state index is 12.2. The standard InChI is InChI=1S/C15H26N2O3/c1-2-20-15(19)12-5-4-10-17(11-12)14(18)8-7-13-6-3-9-16-13/h12-13,16H,2-11H2,1H3. The van der Waals surface area contributed by atoms with Crippen LogP contribution in [0.1, 0.15) is 45.4 Å². The number of rotatable bonds is 5. The van der Waals surface area contributed by atoms with Gasteiger partial charge in [-0.25, -0.2) is 0 Å². The van der Waals surface area contributed by atoms with Gasteiger partial charge in [-0.1, -0.05) is 0 Å². The Hall–Kier alpha value is -1.10. The van der Waals surface area contributed by atoms with Crippen molar-refractivity contribution in [3.8, 4) is 0 Å². The summed E-state index contributed by atoms with van der Waals surface area (Å²) in [7, 11) is 0. The van der Waals surface area contributed by atoms with Gasteiger partial charge in [-0.2, -0.15) is 0 Å². The first-order valence-electron chi connectivity index (χ1n) is 7.88. The van der Waals surface area contributed by atoms with Crippen molar-refractivity contribution in [3.05, 3.63) is 0 Å². The molecule has 0 spiro atoms. The van der Waals surface area contributed by atoms with Gasteiger partial charge in [0.1, 0.15) is 0 Å². The Morgan fingerprint density at radius 1 is 1.30 bits per heavy atom. The Labute approximate surface area is 121 Å². The van der Waals surface area contributed by atoms with E-state index in [0.29, 0.717) is 25.6 Å². The van der Waals surface area contributed by atoms with E-state index in [1.54, 1.807) is 0 Å². The lowest BCUT2D eigenvalue weighted by Crippen LogP contribution is -2.43. The highest BCUT2D eigenvalue weighted by Gasteiger charge is 2.29.